The van der Waals surface area contributed by atoms with Crippen LogP contribution in [-0.4, -0.2) is 6.54 Å². The number of benzene rings is 2. The van der Waals surface area contributed by atoms with Crippen LogP contribution in [0.1, 0.15) is 31.0 Å². The zero-order valence-electron chi connectivity index (χ0n) is 11.9. The first kappa shape index (κ1) is 13.6. The Kier molecular flexibility index (Phi) is 4.23. The van der Waals surface area contributed by atoms with Gasteiger partial charge in [0.2, 0.25) is 0 Å². The number of hydrogen-bond acceptors (Lipinski definition) is 2. The molecule has 0 fully saturated rings. The van der Waals surface area contributed by atoms with Crippen LogP contribution in [0.4, 0.5) is 11.4 Å². The predicted octanol–water partition coefficient (Wildman–Crippen LogP) is 4.17. The average Bonchev–Trinajstić information content (AvgIpc) is 2.42. The molecule has 0 amide bonds. The molecule has 0 aliphatic heterocycles. The molecule has 0 aliphatic carbocycles. The second-order valence-corrected chi connectivity index (χ2v) is 4.88. The first-order chi connectivity index (χ1) is 9.15. The number of anilines is 2. The summed E-state index contributed by atoms with van der Waals surface area (Å²) >= 11 is 0. The molecule has 0 saturated heterocycles. The van der Waals surface area contributed by atoms with E-state index >= 15 is 0 Å². The van der Waals surface area contributed by atoms with Crippen LogP contribution in [0, 0.1) is 6.92 Å². The van der Waals surface area contributed by atoms with Crippen molar-refractivity contribution in [3.05, 3.63) is 59.7 Å². The molecule has 2 heteroatoms. The topological polar surface area (TPSA) is 29.3 Å². The van der Waals surface area contributed by atoms with Crippen molar-refractivity contribution in [1.29, 1.82) is 0 Å². The Bertz CT molecular complexity index is 546. The van der Waals surface area contributed by atoms with Gasteiger partial charge >= 0.3 is 0 Å². The van der Waals surface area contributed by atoms with Gasteiger partial charge < -0.3 is 10.6 Å². The number of para-hydroxylation sites is 2. The molecule has 2 N–H and O–H groups in total. The van der Waals surface area contributed by atoms with Crippen molar-refractivity contribution in [2.24, 2.45) is 5.73 Å². The van der Waals surface area contributed by atoms with Crippen LogP contribution in [-0.2, 0) is 0 Å². The SMILES string of the molecule is CCN(c1ccccc1C)c1ccccc1[C@@H](C)N. The smallest absolute Gasteiger partial charge is 0.0459 e. The van der Waals surface area contributed by atoms with E-state index in [4.69, 9.17) is 5.73 Å². The monoisotopic (exact) mass is 254 g/mol. The van der Waals surface area contributed by atoms with Crippen molar-refractivity contribution >= 4 is 11.4 Å². The van der Waals surface area contributed by atoms with E-state index in [1.165, 1.54) is 22.5 Å². The first-order valence-corrected chi connectivity index (χ1v) is 6.82. The molecule has 100 valence electrons. The Balaban J connectivity index is 2.52. The van der Waals surface area contributed by atoms with Gasteiger partial charge in [-0.05, 0) is 44.0 Å². The van der Waals surface area contributed by atoms with Gasteiger partial charge in [0.15, 0.2) is 0 Å². The van der Waals surface area contributed by atoms with Crippen LogP contribution in [0.2, 0.25) is 0 Å². The highest BCUT2D eigenvalue weighted by atomic mass is 15.1. The van der Waals surface area contributed by atoms with Crippen LogP contribution >= 0.6 is 0 Å². The molecule has 2 aromatic carbocycles. The molecule has 0 aromatic heterocycles. The van der Waals surface area contributed by atoms with Crippen molar-refractivity contribution in [3.63, 3.8) is 0 Å². The summed E-state index contributed by atoms with van der Waals surface area (Å²) in [5.74, 6) is 0. The van der Waals surface area contributed by atoms with Gasteiger partial charge in [0.1, 0.15) is 0 Å². The van der Waals surface area contributed by atoms with Gasteiger partial charge in [0.05, 0.1) is 0 Å². The molecule has 2 aromatic rings. The van der Waals surface area contributed by atoms with Crippen molar-refractivity contribution in [1.82, 2.24) is 0 Å². The zero-order chi connectivity index (χ0) is 13.8. The Morgan fingerprint density at radius 2 is 1.58 bits per heavy atom. The average molecular weight is 254 g/mol. The van der Waals surface area contributed by atoms with Crippen molar-refractivity contribution in [2.45, 2.75) is 26.8 Å². The Hall–Kier alpha value is -1.80. The minimum absolute atomic E-state index is 0.0364. The van der Waals surface area contributed by atoms with Gasteiger partial charge in [0, 0.05) is 24.0 Å². The van der Waals surface area contributed by atoms with Gasteiger partial charge in [-0.1, -0.05) is 36.4 Å². The van der Waals surface area contributed by atoms with Crippen LogP contribution < -0.4 is 10.6 Å². The fourth-order valence-corrected chi connectivity index (χ4v) is 2.46. The van der Waals surface area contributed by atoms with E-state index in [0.29, 0.717) is 0 Å². The fourth-order valence-electron chi connectivity index (χ4n) is 2.46. The molecule has 0 unspecified atom stereocenters. The van der Waals surface area contributed by atoms with E-state index < -0.39 is 0 Å². The summed E-state index contributed by atoms with van der Waals surface area (Å²) in [5.41, 5.74) is 11.0. The summed E-state index contributed by atoms with van der Waals surface area (Å²) in [6.07, 6.45) is 0. The van der Waals surface area contributed by atoms with Gasteiger partial charge in [0.25, 0.3) is 0 Å². The highest BCUT2D eigenvalue weighted by molar-refractivity contribution is 5.69. The molecule has 0 bridgehead atoms. The Labute approximate surface area is 115 Å². The fraction of sp³-hybridized carbons (Fsp3) is 0.294. The first-order valence-electron chi connectivity index (χ1n) is 6.82. The molecule has 0 aliphatic rings. The van der Waals surface area contributed by atoms with Gasteiger partial charge in [-0.3, -0.25) is 0 Å². The minimum atomic E-state index is 0.0364. The lowest BCUT2D eigenvalue weighted by atomic mass is 10.0. The second-order valence-electron chi connectivity index (χ2n) is 4.88. The van der Waals surface area contributed by atoms with Crippen molar-refractivity contribution < 1.29 is 0 Å². The van der Waals surface area contributed by atoms with E-state index in [1.54, 1.807) is 0 Å². The maximum atomic E-state index is 6.10. The number of hydrogen-bond donors (Lipinski definition) is 1. The number of aryl methyl sites for hydroxylation is 1. The summed E-state index contributed by atoms with van der Waals surface area (Å²) in [4.78, 5) is 2.33. The van der Waals surface area contributed by atoms with Crippen molar-refractivity contribution in [3.8, 4) is 0 Å². The third-order valence-corrected chi connectivity index (χ3v) is 3.44. The molecule has 0 heterocycles. The standard InChI is InChI=1S/C17H22N2/c1-4-19(16-11-7-5-9-13(16)2)17-12-8-6-10-15(17)14(3)18/h5-12,14H,4,18H2,1-3H3/t14-/m1/s1. The molecule has 19 heavy (non-hydrogen) atoms. The van der Waals surface area contributed by atoms with Crippen LogP contribution in [0.3, 0.4) is 0 Å². The number of nitrogens with zero attached hydrogens (tertiary/aromatic N) is 1. The van der Waals surface area contributed by atoms with Crippen LogP contribution in [0.25, 0.3) is 0 Å². The van der Waals surface area contributed by atoms with Gasteiger partial charge in [-0.15, -0.1) is 0 Å². The van der Waals surface area contributed by atoms with E-state index in [0.717, 1.165) is 6.54 Å². The summed E-state index contributed by atoms with van der Waals surface area (Å²) in [6.45, 7) is 7.27. The highest BCUT2D eigenvalue weighted by Gasteiger charge is 2.14. The summed E-state index contributed by atoms with van der Waals surface area (Å²) in [5, 5.41) is 0. The number of rotatable bonds is 4. The Morgan fingerprint density at radius 1 is 1.00 bits per heavy atom. The molecule has 2 rings (SSSR count). The summed E-state index contributed by atoms with van der Waals surface area (Å²) in [6, 6.07) is 16.9. The van der Waals surface area contributed by atoms with E-state index in [2.05, 4.69) is 61.2 Å². The Morgan fingerprint density at radius 3 is 2.16 bits per heavy atom. The minimum Gasteiger partial charge on any atom is -0.341 e. The van der Waals surface area contributed by atoms with Gasteiger partial charge in [-0.25, -0.2) is 0 Å². The lowest BCUT2D eigenvalue weighted by molar-refractivity contribution is 0.811. The number of nitrogens with two attached hydrogens (primary N) is 1. The molecule has 2 nitrogen and oxygen atoms in total. The molecule has 0 radical (unpaired) electrons. The van der Waals surface area contributed by atoms with E-state index in [9.17, 15) is 0 Å². The lowest BCUT2D eigenvalue weighted by Crippen LogP contribution is -2.20. The van der Waals surface area contributed by atoms with E-state index in [-0.39, 0.29) is 6.04 Å². The lowest BCUT2D eigenvalue weighted by Gasteiger charge is -2.28. The quantitative estimate of drug-likeness (QED) is 0.887. The summed E-state index contributed by atoms with van der Waals surface area (Å²) < 4.78 is 0. The third-order valence-electron chi connectivity index (χ3n) is 3.44. The highest BCUT2D eigenvalue weighted by Crippen LogP contribution is 2.32. The molecule has 1 atom stereocenters. The van der Waals surface area contributed by atoms with Crippen molar-refractivity contribution in [2.75, 3.05) is 11.4 Å². The maximum absolute atomic E-state index is 6.10. The van der Waals surface area contributed by atoms with E-state index in [1.807, 2.05) is 13.0 Å². The zero-order valence-corrected chi connectivity index (χ0v) is 11.9. The van der Waals surface area contributed by atoms with Crippen LogP contribution in [0.15, 0.2) is 48.5 Å². The molecule has 0 saturated carbocycles. The maximum Gasteiger partial charge on any atom is 0.0459 e. The normalized spacial score (nSPS) is 12.2. The van der Waals surface area contributed by atoms with Crippen LogP contribution in [0.5, 0.6) is 0 Å². The molecule has 0 spiro atoms. The second kappa shape index (κ2) is 5.89. The van der Waals surface area contributed by atoms with Gasteiger partial charge in [-0.2, -0.15) is 0 Å². The largest absolute Gasteiger partial charge is 0.341 e. The molecular weight excluding hydrogens is 232 g/mol. The molecular formula is C17H22N2. The predicted molar refractivity (Wildman–Crippen MR) is 82.9 cm³/mol. The third kappa shape index (κ3) is 2.79. The summed E-state index contributed by atoms with van der Waals surface area (Å²) in [7, 11) is 0.